The number of halogens is 1. The Bertz CT molecular complexity index is 1290. The van der Waals surface area contributed by atoms with Gasteiger partial charge >= 0.3 is 7.60 Å². The Balaban J connectivity index is 1.33. The van der Waals surface area contributed by atoms with Crippen LogP contribution in [0.15, 0.2) is 36.9 Å². The van der Waals surface area contributed by atoms with Gasteiger partial charge in [-0.3, -0.25) is 9.09 Å². The number of rotatable bonds is 9. The molecule has 12 nitrogen and oxygen atoms in total. The fourth-order valence-corrected chi connectivity index (χ4v) is 5.13. The number of nitrogens with zero attached hydrogens (tertiary/aromatic N) is 4. The van der Waals surface area contributed by atoms with Crippen LogP contribution in [-0.4, -0.2) is 53.8 Å². The van der Waals surface area contributed by atoms with E-state index in [-0.39, 0.29) is 31.5 Å². The highest BCUT2D eigenvalue weighted by atomic mass is 35.5. The van der Waals surface area contributed by atoms with Gasteiger partial charge in [-0.05, 0) is 17.7 Å². The van der Waals surface area contributed by atoms with Gasteiger partial charge in [-0.15, -0.1) is 4.28 Å². The Morgan fingerprint density at radius 3 is 2.97 bits per heavy atom. The second kappa shape index (κ2) is 10.0. The van der Waals surface area contributed by atoms with Crippen LogP contribution in [0.5, 0.6) is 0 Å². The number of imidazole rings is 1. The summed E-state index contributed by atoms with van der Waals surface area (Å²) in [6.07, 6.45) is 3.61. The van der Waals surface area contributed by atoms with Gasteiger partial charge < -0.3 is 13.8 Å². The van der Waals surface area contributed by atoms with E-state index >= 15 is 0 Å². The minimum Gasteiger partial charge on any atom is -0.367 e. The van der Waals surface area contributed by atoms with E-state index in [0.29, 0.717) is 29.2 Å². The van der Waals surface area contributed by atoms with E-state index in [1.807, 2.05) is 12.1 Å². The Kier molecular flexibility index (Phi) is 7.29. The maximum Gasteiger partial charge on any atom is 0.356 e. The molecule has 4 rings (SSSR count). The van der Waals surface area contributed by atoms with E-state index in [0.717, 1.165) is 11.8 Å². The third-order valence-corrected chi connectivity index (χ3v) is 6.86. The van der Waals surface area contributed by atoms with Crippen LogP contribution in [-0.2, 0) is 39.3 Å². The van der Waals surface area contributed by atoms with Crippen molar-refractivity contribution in [3.63, 3.8) is 0 Å². The molecule has 2 atom stereocenters. The molecule has 1 aliphatic heterocycles. The molecule has 33 heavy (non-hydrogen) atoms. The van der Waals surface area contributed by atoms with Crippen LogP contribution in [0.25, 0.3) is 11.2 Å². The number of nitrogens with one attached hydrogen (secondary N) is 1. The second-order valence-electron chi connectivity index (χ2n) is 7.14. The fourth-order valence-electron chi connectivity index (χ4n) is 3.15. The van der Waals surface area contributed by atoms with Crippen molar-refractivity contribution in [2.75, 3.05) is 31.3 Å². The van der Waals surface area contributed by atoms with Gasteiger partial charge in [-0.1, -0.05) is 23.7 Å². The largest absolute Gasteiger partial charge is 0.367 e. The SMILES string of the molecule is CS(=O)(=O)ONc1ncnc2c1ncn2CCOC[P@@]1(=O)OCC[C@@H](c2cccc(Cl)c2)O1. The highest BCUT2D eigenvalue weighted by molar-refractivity contribution is 7.86. The molecule has 3 aromatic rings. The monoisotopic (exact) mass is 517 g/mol. The van der Waals surface area contributed by atoms with Crippen LogP contribution in [0.1, 0.15) is 18.1 Å². The van der Waals surface area contributed by atoms with Crippen molar-refractivity contribution in [1.29, 1.82) is 0 Å². The van der Waals surface area contributed by atoms with Crippen molar-refractivity contribution in [2.24, 2.45) is 0 Å². The van der Waals surface area contributed by atoms with Crippen LogP contribution in [0, 0.1) is 0 Å². The van der Waals surface area contributed by atoms with Gasteiger partial charge in [0, 0.05) is 18.0 Å². The summed E-state index contributed by atoms with van der Waals surface area (Å²) in [5.41, 5.74) is 3.84. The van der Waals surface area contributed by atoms with Gasteiger partial charge in [0.15, 0.2) is 17.0 Å². The van der Waals surface area contributed by atoms with E-state index in [4.69, 9.17) is 25.4 Å². The molecule has 0 radical (unpaired) electrons. The first kappa shape index (κ1) is 24.0. The molecule has 2 aromatic heterocycles. The molecule has 3 heterocycles. The number of anilines is 1. The van der Waals surface area contributed by atoms with E-state index < -0.39 is 17.7 Å². The van der Waals surface area contributed by atoms with Crippen molar-refractivity contribution in [1.82, 2.24) is 19.5 Å². The number of benzene rings is 1. The summed E-state index contributed by atoms with van der Waals surface area (Å²) in [5, 5.41) is 0.575. The molecule has 1 fully saturated rings. The summed E-state index contributed by atoms with van der Waals surface area (Å²) < 4.78 is 58.2. The van der Waals surface area contributed by atoms with Crippen LogP contribution >= 0.6 is 19.2 Å². The van der Waals surface area contributed by atoms with Crippen LogP contribution in [0.3, 0.4) is 0 Å². The van der Waals surface area contributed by atoms with Crippen molar-refractivity contribution in [3.8, 4) is 0 Å². The zero-order valence-electron chi connectivity index (χ0n) is 17.5. The third-order valence-electron chi connectivity index (χ3n) is 4.59. The zero-order chi connectivity index (χ0) is 23.5. The van der Waals surface area contributed by atoms with Gasteiger partial charge in [-0.25, -0.2) is 20.4 Å². The molecule has 0 bridgehead atoms. The van der Waals surface area contributed by atoms with Crippen LogP contribution < -0.4 is 5.48 Å². The topological polar surface area (TPSA) is 144 Å². The lowest BCUT2D eigenvalue weighted by Gasteiger charge is -2.30. The van der Waals surface area contributed by atoms with E-state index in [2.05, 4.69) is 24.7 Å². The number of ether oxygens (including phenoxy) is 1. The molecule has 0 unspecified atom stereocenters. The highest BCUT2D eigenvalue weighted by Gasteiger charge is 2.34. The molecule has 1 aromatic carbocycles. The molecule has 1 N–H and O–H groups in total. The Hall–Kier alpha value is -2.12. The zero-order valence-corrected chi connectivity index (χ0v) is 19.9. The first-order valence-electron chi connectivity index (χ1n) is 9.78. The lowest BCUT2D eigenvalue weighted by Crippen LogP contribution is -2.17. The third kappa shape index (κ3) is 6.27. The van der Waals surface area contributed by atoms with Gasteiger partial charge in [-0.2, -0.15) is 8.42 Å². The minimum atomic E-state index is -3.73. The van der Waals surface area contributed by atoms with E-state index in [1.54, 1.807) is 16.7 Å². The van der Waals surface area contributed by atoms with Crippen molar-refractivity contribution < 1.29 is 31.1 Å². The standard InChI is InChI=1S/C18H21ClN5O7PS/c1-33(26,27)31-23-17-16-18(21-10-20-17)24(11-22-16)6-8-28-12-32(25)29-7-5-15(30-32)13-3-2-4-14(19)9-13/h2-4,9-11,15H,5-8,12H2,1H3,(H,20,21,23)/t15-,32+/m0/s1. The van der Waals surface area contributed by atoms with Gasteiger partial charge in [0.2, 0.25) is 0 Å². The lowest BCUT2D eigenvalue weighted by atomic mass is 10.1. The Morgan fingerprint density at radius 1 is 1.33 bits per heavy atom. The maximum absolute atomic E-state index is 13.0. The van der Waals surface area contributed by atoms with Gasteiger partial charge in [0.05, 0.1) is 31.9 Å². The van der Waals surface area contributed by atoms with Crippen LogP contribution in [0.4, 0.5) is 5.82 Å². The molecule has 0 amide bonds. The summed E-state index contributed by atoms with van der Waals surface area (Å²) >= 11 is 6.04. The van der Waals surface area contributed by atoms with E-state index in [9.17, 15) is 13.0 Å². The second-order valence-corrected chi connectivity index (χ2v) is 11.1. The normalized spacial score (nSPS) is 21.3. The van der Waals surface area contributed by atoms with Crippen LogP contribution in [0.2, 0.25) is 5.02 Å². The van der Waals surface area contributed by atoms with Gasteiger partial charge in [0.1, 0.15) is 12.7 Å². The fraction of sp³-hybridized carbons (Fsp3) is 0.389. The van der Waals surface area contributed by atoms with Crippen molar-refractivity contribution >= 4 is 46.3 Å². The molecule has 1 saturated heterocycles. The quantitative estimate of drug-likeness (QED) is 0.254. The van der Waals surface area contributed by atoms with Crippen molar-refractivity contribution in [2.45, 2.75) is 19.1 Å². The maximum atomic E-state index is 13.0. The van der Waals surface area contributed by atoms with Gasteiger partial charge in [0.25, 0.3) is 10.1 Å². The predicted octanol–water partition coefficient (Wildman–Crippen LogP) is 3.13. The van der Waals surface area contributed by atoms with E-state index in [1.165, 1.54) is 12.7 Å². The first-order valence-corrected chi connectivity index (χ1v) is 13.7. The Labute approximate surface area is 194 Å². The number of aromatic nitrogens is 4. The molecular formula is C18H21ClN5O7PS. The molecule has 15 heteroatoms. The average molecular weight is 518 g/mol. The molecule has 0 spiro atoms. The summed E-state index contributed by atoms with van der Waals surface area (Å²) in [6, 6.07) is 7.21. The number of fused-ring (bicyclic) bond motifs is 1. The number of hydrogen-bond donors (Lipinski definition) is 1. The molecular weight excluding hydrogens is 497 g/mol. The molecule has 178 valence electrons. The smallest absolute Gasteiger partial charge is 0.356 e. The van der Waals surface area contributed by atoms with Crippen molar-refractivity contribution in [3.05, 3.63) is 47.5 Å². The molecule has 0 aliphatic carbocycles. The molecule has 0 saturated carbocycles. The highest BCUT2D eigenvalue weighted by Crippen LogP contribution is 2.56. The average Bonchev–Trinajstić information content (AvgIpc) is 3.18. The molecule has 1 aliphatic rings. The summed E-state index contributed by atoms with van der Waals surface area (Å²) in [5.74, 6) is 0.102. The Morgan fingerprint density at radius 2 is 2.18 bits per heavy atom. The first-order chi connectivity index (χ1) is 15.7. The minimum absolute atomic E-state index is 0.102. The summed E-state index contributed by atoms with van der Waals surface area (Å²) in [6.45, 7) is 0.792. The predicted molar refractivity (Wildman–Crippen MR) is 119 cm³/mol. The summed E-state index contributed by atoms with van der Waals surface area (Å²) in [4.78, 5) is 12.3. The summed E-state index contributed by atoms with van der Waals surface area (Å²) in [7, 11) is -7.16. The number of hydrogen-bond acceptors (Lipinski definition) is 11. The lowest BCUT2D eigenvalue weighted by molar-refractivity contribution is 0.0563.